The number of hydrogen-bond donors (Lipinski definition) is 0. The number of Topliss-reactive ketones (excluding diaryl/α,β-unsaturated/α-hetero) is 1. The van der Waals surface area contributed by atoms with Gasteiger partial charge >= 0.3 is 0 Å². The van der Waals surface area contributed by atoms with Gasteiger partial charge in [-0.2, -0.15) is 0 Å². The van der Waals surface area contributed by atoms with Gasteiger partial charge in [-0.1, -0.05) is 13.8 Å². The smallest absolute Gasteiger partial charge is 0.227 e. The maximum absolute atomic E-state index is 13.1. The first kappa shape index (κ1) is 16.1. The van der Waals surface area contributed by atoms with Crippen molar-refractivity contribution in [3.05, 3.63) is 53.0 Å². The fourth-order valence-corrected chi connectivity index (χ4v) is 2.83. The summed E-state index contributed by atoms with van der Waals surface area (Å²) in [4.78, 5) is 25.5. The Morgan fingerprint density at radius 3 is 2.27 bits per heavy atom. The molecule has 1 aliphatic rings. The molecule has 0 aromatic heterocycles. The molecule has 0 heterocycles. The molecule has 0 aliphatic heterocycles. The highest BCUT2D eigenvalue weighted by Crippen LogP contribution is 2.33. The predicted molar refractivity (Wildman–Crippen MR) is 84.9 cm³/mol. The van der Waals surface area contributed by atoms with Crippen LogP contribution < -0.4 is 4.90 Å². The number of allylic oxidation sites excluding steroid dienone is 3. The largest absolute Gasteiger partial charge is 0.294 e. The predicted octanol–water partition coefficient (Wildman–Crippen LogP) is 4.15. The van der Waals surface area contributed by atoms with E-state index in [0.717, 1.165) is 23.1 Å². The van der Waals surface area contributed by atoms with Gasteiger partial charge in [0.2, 0.25) is 5.91 Å². The zero-order chi connectivity index (χ0) is 16.3. The van der Waals surface area contributed by atoms with Gasteiger partial charge in [0.15, 0.2) is 5.78 Å². The van der Waals surface area contributed by atoms with Gasteiger partial charge in [0.25, 0.3) is 0 Å². The Bertz CT molecular complexity index is 656. The van der Waals surface area contributed by atoms with Crippen LogP contribution in [0.5, 0.6) is 0 Å². The number of rotatable bonds is 4. The first-order valence-electron chi connectivity index (χ1n) is 7.49. The van der Waals surface area contributed by atoms with E-state index in [1.165, 1.54) is 24.0 Å². The average molecular weight is 301 g/mol. The summed E-state index contributed by atoms with van der Waals surface area (Å²) in [5, 5.41) is 0. The van der Waals surface area contributed by atoms with E-state index in [1.54, 1.807) is 18.3 Å². The van der Waals surface area contributed by atoms with Crippen LogP contribution in [0.2, 0.25) is 0 Å². The monoisotopic (exact) mass is 301 g/mol. The Morgan fingerprint density at radius 2 is 1.77 bits per heavy atom. The van der Waals surface area contributed by atoms with Crippen molar-refractivity contribution < 1.29 is 14.0 Å². The topological polar surface area (TPSA) is 37.4 Å². The summed E-state index contributed by atoms with van der Waals surface area (Å²) in [6.07, 6.45) is 3.51. The van der Waals surface area contributed by atoms with E-state index in [9.17, 15) is 14.0 Å². The molecule has 1 aromatic rings. The number of hydrogen-bond acceptors (Lipinski definition) is 2. The zero-order valence-corrected chi connectivity index (χ0v) is 13.1. The Hall–Kier alpha value is -2.23. The minimum absolute atomic E-state index is 0.133. The van der Waals surface area contributed by atoms with Crippen LogP contribution >= 0.6 is 0 Å². The highest BCUT2D eigenvalue weighted by atomic mass is 19.1. The summed E-state index contributed by atoms with van der Waals surface area (Å²) in [5.41, 5.74) is 3.36. The van der Waals surface area contributed by atoms with E-state index in [4.69, 9.17) is 0 Å². The number of carbonyl (C=O) groups is 2. The van der Waals surface area contributed by atoms with Crippen LogP contribution in [-0.4, -0.2) is 11.7 Å². The van der Waals surface area contributed by atoms with E-state index < -0.39 is 0 Å². The second-order valence-electron chi connectivity index (χ2n) is 5.28. The fourth-order valence-electron chi connectivity index (χ4n) is 2.83. The molecule has 1 aliphatic carbocycles. The second kappa shape index (κ2) is 6.69. The van der Waals surface area contributed by atoms with Crippen molar-refractivity contribution in [1.29, 1.82) is 0 Å². The molecule has 0 unspecified atom stereocenters. The van der Waals surface area contributed by atoms with Crippen LogP contribution in [0.3, 0.4) is 0 Å². The van der Waals surface area contributed by atoms with Crippen LogP contribution in [-0.2, 0) is 9.59 Å². The highest BCUT2D eigenvalue weighted by Gasteiger charge is 2.26. The maximum atomic E-state index is 13.1. The molecule has 1 aromatic carbocycles. The zero-order valence-electron chi connectivity index (χ0n) is 13.1. The standard InChI is InChI=1S/C18H20FNO2/c1-4-16-13(10-18(22)17(16)5-2)11-20(12(3)21)15-8-6-14(19)7-9-15/h6-9,11H,4-5,10H2,1-3H3/b13-11+. The molecule has 4 heteroatoms. The van der Waals surface area contributed by atoms with Crippen molar-refractivity contribution in [3.63, 3.8) is 0 Å². The minimum Gasteiger partial charge on any atom is -0.294 e. The Labute approximate surface area is 130 Å². The van der Waals surface area contributed by atoms with Gasteiger partial charge in [0.05, 0.1) is 0 Å². The lowest BCUT2D eigenvalue weighted by atomic mass is 10.0. The van der Waals surface area contributed by atoms with Crippen molar-refractivity contribution in [3.8, 4) is 0 Å². The van der Waals surface area contributed by atoms with E-state index in [-0.39, 0.29) is 17.5 Å². The molecule has 0 spiro atoms. The van der Waals surface area contributed by atoms with E-state index in [1.807, 2.05) is 13.8 Å². The van der Waals surface area contributed by atoms with Crippen molar-refractivity contribution in [2.75, 3.05) is 4.90 Å². The Morgan fingerprint density at radius 1 is 1.18 bits per heavy atom. The number of halogens is 1. The lowest BCUT2D eigenvalue weighted by Gasteiger charge is -2.18. The van der Waals surface area contributed by atoms with E-state index in [2.05, 4.69) is 0 Å². The van der Waals surface area contributed by atoms with E-state index >= 15 is 0 Å². The SMILES string of the molecule is CCC1=C(CC)/C(=C/N(C(C)=O)c2ccc(F)cc2)CC1=O. The van der Waals surface area contributed by atoms with Crippen molar-refractivity contribution in [2.45, 2.75) is 40.0 Å². The van der Waals surface area contributed by atoms with E-state index in [0.29, 0.717) is 18.5 Å². The van der Waals surface area contributed by atoms with Crippen molar-refractivity contribution >= 4 is 17.4 Å². The van der Waals surface area contributed by atoms with Gasteiger partial charge in [-0.3, -0.25) is 14.5 Å². The first-order chi connectivity index (χ1) is 10.5. The molecule has 0 atom stereocenters. The van der Waals surface area contributed by atoms with Crippen LogP contribution in [0.15, 0.2) is 47.2 Å². The molecular weight excluding hydrogens is 281 g/mol. The third kappa shape index (κ3) is 3.16. The van der Waals surface area contributed by atoms with Gasteiger partial charge in [0.1, 0.15) is 5.82 Å². The molecular formula is C18H20FNO2. The van der Waals surface area contributed by atoms with Crippen LogP contribution in [0.4, 0.5) is 10.1 Å². The van der Waals surface area contributed by atoms with Gasteiger partial charge in [0, 0.05) is 25.2 Å². The summed E-state index contributed by atoms with van der Waals surface area (Å²) in [6, 6.07) is 5.75. The number of anilines is 1. The normalized spacial score (nSPS) is 16.5. The van der Waals surface area contributed by atoms with Gasteiger partial charge < -0.3 is 0 Å². The van der Waals surface area contributed by atoms with Gasteiger partial charge in [-0.25, -0.2) is 4.39 Å². The summed E-state index contributed by atoms with van der Waals surface area (Å²) in [5.74, 6) is -0.390. The molecule has 0 bridgehead atoms. The molecule has 3 nitrogen and oxygen atoms in total. The van der Waals surface area contributed by atoms with Crippen molar-refractivity contribution in [2.24, 2.45) is 0 Å². The average Bonchev–Trinajstić information content (AvgIpc) is 2.80. The molecule has 1 amide bonds. The molecule has 116 valence electrons. The molecule has 0 N–H and O–H groups in total. The number of carbonyl (C=O) groups excluding carboxylic acids is 2. The quantitative estimate of drug-likeness (QED) is 0.837. The summed E-state index contributed by atoms with van der Waals surface area (Å²) in [7, 11) is 0. The second-order valence-corrected chi connectivity index (χ2v) is 5.28. The number of amides is 1. The Balaban J connectivity index is 2.43. The van der Waals surface area contributed by atoms with Crippen LogP contribution in [0, 0.1) is 5.82 Å². The third-order valence-electron chi connectivity index (χ3n) is 3.88. The van der Waals surface area contributed by atoms with Crippen molar-refractivity contribution in [1.82, 2.24) is 0 Å². The molecule has 2 rings (SSSR count). The van der Waals surface area contributed by atoms with Gasteiger partial charge in [-0.15, -0.1) is 0 Å². The van der Waals surface area contributed by atoms with Gasteiger partial charge in [-0.05, 0) is 53.8 Å². The molecule has 22 heavy (non-hydrogen) atoms. The number of benzene rings is 1. The minimum atomic E-state index is -0.349. The molecule has 0 radical (unpaired) electrons. The maximum Gasteiger partial charge on any atom is 0.227 e. The van der Waals surface area contributed by atoms with Crippen LogP contribution in [0.25, 0.3) is 0 Å². The number of ketones is 1. The third-order valence-corrected chi connectivity index (χ3v) is 3.88. The lowest BCUT2D eigenvalue weighted by Crippen LogP contribution is -2.22. The summed E-state index contributed by atoms with van der Waals surface area (Å²) < 4.78 is 13.1. The summed E-state index contributed by atoms with van der Waals surface area (Å²) in [6.45, 7) is 5.43. The van der Waals surface area contributed by atoms with Crippen LogP contribution in [0.1, 0.15) is 40.0 Å². The Kier molecular flexibility index (Phi) is 4.91. The molecule has 0 saturated heterocycles. The lowest BCUT2D eigenvalue weighted by molar-refractivity contribution is -0.116. The fraction of sp³-hybridized carbons (Fsp3) is 0.333. The molecule has 0 fully saturated rings. The molecule has 0 saturated carbocycles. The summed E-state index contributed by atoms with van der Waals surface area (Å²) >= 11 is 0. The first-order valence-corrected chi connectivity index (χ1v) is 7.49. The number of nitrogens with zero attached hydrogens (tertiary/aromatic N) is 1. The highest BCUT2D eigenvalue weighted by molar-refractivity contribution is 6.03.